The van der Waals surface area contributed by atoms with E-state index in [0.717, 1.165) is 0 Å². The van der Waals surface area contributed by atoms with Gasteiger partial charge in [-0.2, -0.15) is 0 Å². The highest BCUT2D eigenvalue weighted by atomic mass is 19.1. The van der Waals surface area contributed by atoms with Crippen LogP contribution in [0.5, 0.6) is 0 Å². The van der Waals surface area contributed by atoms with E-state index < -0.39 is 35.6 Å². The summed E-state index contributed by atoms with van der Waals surface area (Å²) in [5, 5.41) is 0. The molecule has 1 aromatic rings. The molecule has 0 saturated carbocycles. The fourth-order valence-electron chi connectivity index (χ4n) is 3.19. The topological polar surface area (TPSA) is 72.9 Å². The van der Waals surface area contributed by atoms with E-state index in [-0.39, 0.29) is 11.6 Å². The van der Waals surface area contributed by atoms with E-state index in [1.165, 1.54) is 32.1 Å². The van der Waals surface area contributed by atoms with E-state index in [1.807, 2.05) is 0 Å². The van der Waals surface area contributed by atoms with Crippen LogP contribution in [0.4, 0.5) is 10.1 Å². The van der Waals surface area contributed by atoms with Gasteiger partial charge in [0.15, 0.2) is 11.7 Å². The van der Waals surface area contributed by atoms with E-state index in [0.29, 0.717) is 5.69 Å². The molecule has 7 heteroatoms. The number of carbonyl (C=O) groups excluding carboxylic acids is 3. The Labute approximate surface area is 144 Å². The van der Waals surface area contributed by atoms with Gasteiger partial charge in [-0.1, -0.05) is 6.08 Å². The summed E-state index contributed by atoms with van der Waals surface area (Å²) in [5.74, 6) is -5.92. The van der Waals surface area contributed by atoms with E-state index in [2.05, 4.69) is 0 Å². The third kappa shape index (κ3) is 3.14. The number of carbonyl (C=O) groups is 3. The van der Waals surface area contributed by atoms with Crippen LogP contribution in [0.1, 0.15) is 13.8 Å². The number of ketones is 1. The molecule has 0 amide bonds. The van der Waals surface area contributed by atoms with Crippen molar-refractivity contribution in [1.82, 2.24) is 0 Å². The van der Waals surface area contributed by atoms with Crippen molar-refractivity contribution in [3.8, 4) is 0 Å². The van der Waals surface area contributed by atoms with Crippen molar-refractivity contribution in [1.29, 1.82) is 0 Å². The summed E-state index contributed by atoms with van der Waals surface area (Å²) in [5.41, 5.74) is 0.647. The summed E-state index contributed by atoms with van der Waals surface area (Å²) in [7, 11) is 1.71. The first-order valence-electron chi connectivity index (χ1n) is 7.86. The maximum Gasteiger partial charge on any atom is 0.324 e. The van der Waals surface area contributed by atoms with Crippen LogP contribution in [0, 0.1) is 17.7 Å². The first-order chi connectivity index (χ1) is 11.7. The van der Waals surface area contributed by atoms with Gasteiger partial charge in [0.1, 0.15) is 5.82 Å². The molecule has 1 heterocycles. The Morgan fingerprint density at radius 2 is 1.60 bits per heavy atom. The molecule has 2 aliphatic rings. The highest BCUT2D eigenvalue weighted by Crippen LogP contribution is 2.35. The zero-order chi connectivity index (χ0) is 18.4. The number of halogens is 1. The zero-order valence-corrected chi connectivity index (χ0v) is 14.1. The molecule has 1 aliphatic heterocycles. The number of hydrogen-bond acceptors (Lipinski definition) is 6. The van der Waals surface area contributed by atoms with Crippen molar-refractivity contribution < 1.29 is 28.2 Å². The Bertz CT molecular complexity index is 735. The lowest BCUT2D eigenvalue weighted by Gasteiger charge is -2.38. The summed E-state index contributed by atoms with van der Waals surface area (Å²) >= 11 is 0. The number of cyclic esters (lactones) is 2. The van der Waals surface area contributed by atoms with Crippen LogP contribution in [-0.4, -0.2) is 36.6 Å². The number of anilines is 1. The molecule has 1 saturated heterocycles. The fourth-order valence-corrected chi connectivity index (χ4v) is 3.19. The summed E-state index contributed by atoms with van der Waals surface area (Å²) < 4.78 is 23.4. The average Bonchev–Trinajstić information content (AvgIpc) is 2.87. The molecule has 0 unspecified atom stereocenters. The second kappa shape index (κ2) is 5.98. The molecule has 2 atom stereocenters. The predicted molar refractivity (Wildman–Crippen MR) is 86.0 cm³/mol. The average molecular weight is 347 g/mol. The standard InChI is InChI=1S/C18H18FNO5/c1-18(2)24-16(22)15(17(23)25-18)14-12(8-9-13(14)21)20(3)11-6-4-10(19)5-7-11/h4-9,12,14-15H,1-3H3/t12-,14+/m1/s1. The molecule has 0 N–H and O–H groups in total. The van der Waals surface area contributed by atoms with E-state index in [9.17, 15) is 18.8 Å². The van der Waals surface area contributed by atoms with Gasteiger partial charge in [-0.15, -0.1) is 0 Å². The van der Waals surface area contributed by atoms with Crippen LogP contribution >= 0.6 is 0 Å². The maximum atomic E-state index is 13.1. The van der Waals surface area contributed by atoms with E-state index >= 15 is 0 Å². The van der Waals surface area contributed by atoms with Crippen molar-refractivity contribution in [2.45, 2.75) is 25.7 Å². The Morgan fingerprint density at radius 3 is 2.16 bits per heavy atom. The number of benzene rings is 1. The fraction of sp³-hybridized carbons (Fsp3) is 0.389. The van der Waals surface area contributed by atoms with Crippen LogP contribution in [0.3, 0.4) is 0 Å². The maximum absolute atomic E-state index is 13.1. The monoisotopic (exact) mass is 347 g/mol. The molecule has 0 radical (unpaired) electrons. The molecular weight excluding hydrogens is 329 g/mol. The molecule has 1 aromatic carbocycles. The lowest BCUT2D eigenvalue weighted by atomic mass is 9.85. The first kappa shape index (κ1) is 17.1. The summed E-state index contributed by atoms with van der Waals surface area (Å²) in [4.78, 5) is 38.7. The van der Waals surface area contributed by atoms with E-state index in [1.54, 1.807) is 30.2 Å². The number of hydrogen-bond donors (Lipinski definition) is 0. The van der Waals surface area contributed by atoms with Crippen molar-refractivity contribution in [3.05, 3.63) is 42.2 Å². The number of allylic oxidation sites excluding steroid dienone is 1. The lowest BCUT2D eigenvalue weighted by Crippen LogP contribution is -2.53. The summed E-state index contributed by atoms with van der Waals surface area (Å²) in [6.45, 7) is 2.91. The Morgan fingerprint density at radius 1 is 1.04 bits per heavy atom. The number of ether oxygens (including phenoxy) is 2. The van der Waals surface area contributed by atoms with Gasteiger partial charge in [0.2, 0.25) is 0 Å². The minimum Gasteiger partial charge on any atom is -0.422 e. The van der Waals surface area contributed by atoms with Gasteiger partial charge in [-0.25, -0.2) is 4.39 Å². The van der Waals surface area contributed by atoms with Crippen molar-refractivity contribution >= 4 is 23.4 Å². The first-order valence-corrected chi connectivity index (χ1v) is 7.86. The van der Waals surface area contributed by atoms with Crippen LogP contribution in [0.15, 0.2) is 36.4 Å². The Balaban J connectivity index is 1.89. The third-order valence-electron chi connectivity index (χ3n) is 4.40. The molecule has 0 bridgehead atoms. The minimum absolute atomic E-state index is 0.349. The van der Waals surface area contributed by atoms with E-state index in [4.69, 9.17) is 9.47 Å². The third-order valence-corrected chi connectivity index (χ3v) is 4.40. The highest BCUT2D eigenvalue weighted by Gasteiger charge is 2.53. The SMILES string of the molecule is CN(c1ccc(F)cc1)[C@@H]1C=CC(=O)[C@H]1C1C(=O)OC(C)(C)OC1=O. The van der Waals surface area contributed by atoms with Crippen molar-refractivity contribution in [2.75, 3.05) is 11.9 Å². The minimum atomic E-state index is -1.35. The van der Waals surface area contributed by atoms with Gasteiger partial charge in [0, 0.05) is 26.6 Å². The van der Waals surface area contributed by atoms with Crippen LogP contribution in [-0.2, 0) is 23.9 Å². The molecule has 6 nitrogen and oxygen atoms in total. The molecular formula is C18H18FNO5. The van der Waals surface area contributed by atoms with Crippen LogP contribution < -0.4 is 4.90 Å². The van der Waals surface area contributed by atoms with Gasteiger partial charge >= 0.3 is 11.9 Å². The van der Waals surface area contributed by atoms with Crippen LogP contribution in [0.25, 0.3) is 0 Å². The highest BCUT2D eigenvalue weighted by molar-refractivity contribution is 6.06. The second-order valence-electron chi connectivity index (χ2n) is 6.58. The second-order valence-corrected chi connectivity index (χ2v) is 6.58. The lowest BCUT2D eigenvalue weighted by molar-refractivity contribution is -0.242. The molecule has 0 aromatic heterocycles. The Kier molecular flexibility index (Phi) is 4.10. The van der Waals surface area contributed by atoms with Gasteiger partial charge in [-0.05, 0) is 30.3 Å². The van der Waals surface area contributed by atoms with Gasteiger partial charge in [0.25, 0.3) is 5.79 Å². The quantitative estimate of drug-likeness (QED) is 0.614. The number of rotatable bonds is 3. The van der Waals surface area contributed by atoms with Crippen LogP contribution in [0.2, 0.25) is 0 Å². The number of esters is 2. The number of nitrogens with zero attached hydrogens (tertiary/aromatic N) is 1. The molecule has 132 valence electrons. The molecule has 0 spiro atoms. The molecule has 3 rings (SSSR count). The molecule has 1 fully saturated rings. The van der Waals surface area contributed by atoms with Gasteiger partial charge < -0.3 is 14.4 Å². The predicted octanol–water partition coefficient (Wildman–Crippen LogP) is 1.84. The zero-order valence-electron chi connectivity index (χ0n) is 14.1. The van der Waals surface area contributed by atoms with Crippen molar-refractivity contribution in [2.24, 2.45) is 11.8 Å². The summed E-state index contributed by atoms with van der Waals surface area (Å²) in [6, 6.07) is 5.16. The Hall–Kier alpha value is -2.70. The largest absolute Gasteiger partial charge is 0.422 e. The number of likely N-dealkylation sites (N-methyl/N-ethyl adjacent to an activating group) is 1. The normalized spacial score (nSPS) is 25.7. The summed E-state index contributed by atoms with van der Waals surface area (Å²) in [6.07, 6.45) is 2.96. The molecule has 1 aliphatic carbocycles. The molecule has 25 heavy (non-hydrogen) atoms. The smallest absolute Gasteiger partial charge is 0.324 e. The van der Waals surface area contributed by atoms with Crippen molar-refractivity contribution in [3.63, 3.8) is 0 Å². The van der Waals surface area contributed by atoms with Gasteiger partial charge in [-0.3, -0.25) is 14.4 Å². The van der Waals surface area contributed by atoms with Gasteiger partial charge in [0.05, 0.1) is 12.0 Å².